The highest BCUT2D eigenvalue weighted by Crippen LogP contribution is 2.20. The van der Waals surface area contributed by atoms with Gasteiger partial charge in [-0.1, -0.05) is 17.7 Å². The number of rotatable bonds is 4. The maximum atomic E-state index is 11.4. The Hall–Kier alpha value is -2.01. The van der Waals surface area contributed by atoms with Crippen LogP contribution in [0, 0.1) is 6.92 Å². The average molecular weight is 291 g/mol. The summed E-state index contributed by atoms with van der Waals surface area (Å²) in [6.45, 7) is 2.44. The molecule has 2 aromatic carbocycles. The fraction of sp³-hybridized carbons (Fsp3) is 0.200. The summed E-state index contributed by atoms with van der Waals surface area (Å²) in [5.41, 5.74) is 2.68. The van der Waals surface area contributed by atoms with Crippen LogP contribution in [0.5, 0.6) is 5.75 Å². The van der Waals surface area contributed by atoms with E-state index in [1.54, 1.807) is 30.3 Å². The van der Waals surface area contributed by atoms with Crippen LogP contribution >= 0.6 is 0 Å². The molecule has 0 heterocycles. The fourth-order valence-corrected chi connectivity index (χ4v) is 2.50. The lowest BCUT2D eigenvalue weighted by atomic mass is 10.1. The number of hydrogen-bond donors (Lipinski definition) is 2. The van der Waals surface area contributed by atoms with Crippen molar-refractivity contribution in [1.82, 2.24) is 0 Å². The summed E-state index contributed by atoms with van der Waals surface area (Å²) in [4.78, 5) is 0.293. The first-order valence-corrected chi connectivity index (χ1v) is 8.08. The normalized spacial score (nSPS) is 11.3. The van der Waals surface area contributed by atoms with Gasteiger partial charge in [0.25, 0.3) is 0 Å². The summed E-state index contributed by atoms with van der Waals surface area (Å²) in [7, 11) is -3.17. The van der Waals surface area contributed by atoms with Crippen molar-refractivity contribution in [2.45, 2.75) is 18.4 Å². The fourth-order valence-electron chi connectivity index (χ4n) is 1.87. The molecule has 0 atom stereocenters. The Morgan fingerprint density at radius 3 is 2.35 bits per heavy atom. The Bertz CT molecular complexity index is 706. The van der Waals surface area contributed by atoms with Crippen LogP contribution in [0.15, 0.2) is 47.4 Å². The van der Waals surface area contributed by atoms with E-state index in [2.05, 4.69) is 5.32 Å². The molecule has 2 aromatic rings. The number of phenols is 1. The predicted molar refractivity (Wildman–Crippen MR) is 79.7 cm³/mol. The minimum absolute atomic E-state index is 0.246. The van der Waals surface area contributed by atoms with Crippen molar-refractivity contribution >= 4 is 15.5 Å². The van der Waals surface area contributed by atoms with Crippen LogP contribution in [0.2, 0.25) is 0 Å². The summed E-state index contributed by atoms with van der Waals surface area (Å²) >= 11 is 0. The van der Waals surface area contributed by atoms with Crippen molar-refractivity contribution in [3.8, 4) is 5.75 Å². The van der Waals surface area contributed by atoms with Gasteiger partial charge in [-0.05, 0) is 37.3 Å². The van der Waals surface area contributed by atoms with Crippen LogP contribution in [0.3, 0.4) is 0 Å². The molecule has 0 fully saturated rings. The Kier molecular flexibility index (Phi) is 3.99. The minimum Gasteiger partial charge on any atom is -0.508 e. The molecule has 2 rings (SSSR count). The lowest BCUT2D eigenvalue weighted by Crippen LogP contribution is -2.01. The number of aromatic hydroxyl groups is 1. The predicted octanol–water partition coefficient (Wildman–Crippen LogP) is 2.72. The molecular formula is C15H17NO3S. The first kappa shape index (κ1) is 14.4. The molecule has 0 unspecified atom stereocenters. The monoisotopic (exact) mass is 291 g/mol. The Balaban J connectivity index is 2.10. The number of anilines is 1. The molecule has 4 nitrogen and oxygen atoms in total. The third-order valence-corrected chi connectivity index (χ3v) is 4.13. The molecular weight excluding hydrogens is 274 g/mol. The van der Waals surface area contributed by atoms with Crippen molar-refractivity contribution in [3.63, 3.8) is 0 Å². The number of benzene rings is 2. The van der Waals surface area contributed by atoms with Crippen LogP contribution in [0.4, 0.5) is 5.69 Å². The standard InChI is InChI=1S/C15H17NO3S/c1-11-3-8-15(17)12(9-11)10-16-13-4-6-14(7-5-13)20(2,18)19/h3-9,16-17H,10H2,1-2H3. The molecule has 0 aliphatic rings. The van der Waals surface area contributed by atoms with E-state index in [1.165, 1.54) is 6.26 Å². The van der Waals surface area contributed by atoms with Gasteiger partial charge in [0.2, 0.25) is 0 Å². The first-order valence-electron chi connectivity index (χ1n) is 6.19. The van der Waals surface area contributed by atoms with Crippen molar-refractivity contribution < 1.29 is 13.5 Å². The van der Waals surface area contributed by atoms with E-state index in [1.807, 2.05) is 19.1 Å². The molecule has 0 bridgehead atoms. The van der Waals surface area contributed by atoms with Gasteiger partial charge in [0.05, 0.1) is 4.90 Å². The van der Waals surface area contributed by atoms with E-state index in [0.29, 0.717) is 11.4 Å². The second-order valence-corrected chi connectivity index (χ2v) is 6.80. The average Bonchev–Trinajstić information content (AvgIpc) is 2.39. The second kappa shape index (κ2) is 5.54. The number of phenolic OH excluding ortho intramolecular Hbond substituents is 1. The largest absolute Gasteiger partial charge is 0.508 e. The van der Waals surface area contributed by atoms with Gasteiger partial charge >= 0.3 is 0 Å². The van der Waals surface area contributed by atoms with Gasteiger partial charge in [0, 0.05) is 24.1 Å². The maximum Gasteiger partial charge on any atom is 0.175 e. The van der Waals surface area contributed by atoms with Crippen LogP contribution in [0.25, 0.3) is 0 Å². The molecule has 0 amide bonds. The topological polar surface area (TPSA) is 66.4 Å². The van der Waals surface area contributed by atoms with Gasteiger partial charge in [-0.2, -0.15) is 0 Å². The highest BCUT2D eigenvalue weighted by Gasteiger charge is 2.06. The van der Waals surface area contributed by atoms with Crippen LogP contribution in [-0.2, 0) is 16.4 Å². The van der Waals surface area contributed by atoms with Gasteiger partial charge in [-0.3, -0.25) is 0 Å². The summed E-state index contributed by atoms with van der Waals surface area (Å²) in [5.74, 6) is 0.246. The lowest BCUT2D eigenvalue weighted by molar-refractivity contribution is 0.469. The van der Waals surface area contributed by atoms with Crippen molar-refractivity contribution in [1.29, 1.82) is 0 Å². The second-order valence-electron chi connectivity index (χ2n) is 4.78. The highest BCUT2D eigenvalue weighted by molar-refractivity contribution is 7.90. The maximum absolute atomic E-state index is 11.4. The van der Waals surface area contributed by atoms with E-state index < -0.39 is 9.84 Å². The van der Waals surface area contributed by atoms with Crippen molar-refractivity contribution in [2.75, 3.05) is 11.6 Å². The number of hydrogen-bond acceptors (Lipinski definition) is 4. The lowest BCUT2D eigenvalue weighted by Gasteiger charge is -2.09. The van der Waals surface area contributed by atoms with Gasteiger partial charge < -0.3 is 10.4 Å². The number of aryl methyl sites for hydroxylation is 1. The Morgan fingerprint density at radius 1 is 1.10 bits per heavy atom. The summed E-state index contributed by atoms with van der Waals surface area (Å²) in [5, 5.41) is 12.9. The third kappa shape index (κ3) is 3.51. The molecule has 0 aliphatic heterocycles. The Morgan fingerprint density at radius 2 is 1.75 bits per heavy atom. The zero-order chi connectivity index (χ0) is 14.8. The van der Waals surface area contributed by atoms with E-state index >= 15 is 0 Å². The van der Waals surface area contributed by atoms with Gasteiger partial charge in [-0.15, -0.1) is 0 Å². The molecule has 0 spiro atoms. The quantitative estimate of drug-likeness (QED) is 0.909. The SMILES string of the molecule is Cc1ccc(O)c(CNc2ccc(S(C)(=O)=O)cc2)c1. The van der Waals surface area contributed by atoms with Crippen LogP contribution < -0.4 is 5.32 Å². The molecule has 5 heteroatoms. The van der Waals surface area contributed by atoms with E-state index in [0.717, 1.165) is 16.8 Å². The van der Waals surface area contributed by atoms with E-state index in [4.69, 9.17) is 0 Å². The van der Waals surface area contributed by atoms with Crippen LogP contribution in [-0.4, -0.2) is 19.8 Å². The van der Waals surface area contributed by atoms with Crippen molar-refractivity contribution in [2.24, 2.45) is 0 Å². The minimum atomic E-state index is -3.17. The number of nitrogens with one attached hydrogen (secondary N) is 1. The first-order chi connectivity index (χ1) is 9.36. The summed E-state index contributed by atoms with van der Waals surface area (Å²) in [6, 6.07) is 12.0. The van der Waals surface area contributed by atoms with Crippen LogP contribution in [0.1, 0.15) is 11.1 Å². The molecule has 0 radical (unpaired) electrons. The zero-order valence-corrected chi connectivity index (χ0v) is 12.2. The molecule has 106 valence electrons. The smallest absolute Gasteiger partial charge is 0.175 e. The summed E-state index contributed by atoms with van der Waals surface area (Å²) in [6.07, 6.45) is 1.18. The van der Waals surface area contributed by atoms with Gasteiger partial charge in [-0.25, -0.2) is 8.42 Å². The molecule has 0 saturated carbocycles. The zero-order valence-electron chi connectivity index (χ0n) is 11.4. The molecule has 0 aliphatic carbocycles. The third-order valence-electron chi connectivity index (χ3n) is 3.00. The van der Waals surface area contributed by atoms with E-state index in [-0.39, 0.29) is 5.75 Å². The number of sulfone groups is 1. The molecule has 0 aromatic heterocycles. The Labute approximate surface area is 119 Å². The van der Waals surface area contributed by atoms with Gasteiger partial charge in [0.1, 0.15) is 5.75 Å². The highest BCUT2D eigenvalue weighted by atomic mass is 32.2. The van der Waals surface area contributed by atoms with Crippen molar-refractivity contribution in [3.05, 3.63) is 53.6 Å². The molecule has 2 N–H and O–H groups in total. The summed E-state index contributed by atoms with van der Waals surface area (Å²) < 4.78 is 22.7. The van der Waals surface area contributed by atoms with E-state index in [9.17, 15) is 13.5 Å². The molecule has 0 saturated heterocycles. The van der Waals surface area contributed by atoms with Gasteiger partial charge in [0.15, 0.2) is 9.84 Å². The molecule has 20 heavy (non-hydrogen) atoms.